The van der Waals surface area contributed by atoms with Gasteiger partial charge in [0.25, 0.3) is 5.91 Å². The Hall–Kier alpha value is -3.10. The minimum Gasteiger partial charge on any atom is -0.477 e. The van der Waals surface area contributed by atoms with Crippen LogP contribution in [-0.4, -0.2) is 29.6 Å². The Labute approximate surface area is 153 Å². The van der Waals surface area contributed by atoms with E-state index in [0.29, 0.717) is 0 Å². The van der Waals surface area contributed by atoms with Crippen LogP contribution in [-0.2, 0) is 15.7 Å². The highest BCUT2D eigenvalue weighted by molar-refractivity contribution is 5.98. The van der Waals surface area contributed by atoms with Crippen molar-refractivity contribution >= 4 is 17.6 Å². The summed E-state index contributed by atoms with van der Waals surface area (Å²) >= 11 is 0. The van der Waals surface area contributed by atoms with Gasteiger partial charge in [-0.3, -0.25) is 4.79 Å². The van der Waals surface area contributed by atoms with Crippen LogP contribution >= 0.6 is 0 Å². The monoisotopic (exact) mass is 382 g/mol. The van der Waals surface area contributed by atoms with Crippen LogP contribution in [0.4, 0.5) is 18.9 Å². The van der Waals surface area contributed by atoms with E-state index in [4.69, 9.17) is 9.47 Å². The number of nitrogens with one attached hydrogen (secondary N) is 1. The van der Waals surface area contributed by atoms with Crippen molar-refractivity contribution in [2.45, 2.75) is 26.1 Å². The first kappa shape index (κ1) is 20.2. The lowest BCUT2D eigenvalue weighted by Crippen LogP contribution is -2.30. The second kappa shape index (κ2) is 8.52. The average Bonchev–Trinajstić information content (AvgIpc) is 2.61. The van der Waals surface area contributed by atoms with E-state index in [2.05, 4.69) is 10.3 Å². The van der Waals surface area contributed by atoms with E-state index in [0.717, 1.165) is 12.1 Å². The van der Waals surface area contributed by atoms with Gasteiger partial charge in [-0.05, 0) is 44.2 Å². The molecule has 1 N–H and O–H groups in total. The quantitative estimate of drug-likeness (QED) is 0.771. The Morgan fingerprint density at radius 2 is 1.96 bits per heavy atom. The van der Waals surface area contributed by atoms with Crippen LogP contribution in [0.25, 0.3) is 0 Å². The molecule has 0 radical (unpaired) electrons. The Morgan fingerprint density at radius 1 is 1.22 bits per heavy atom. The molecule has 1 heterocycles. The molecule has 0 aliphatic carbocycles. The average molecular weight is 382 g/mol. The van der Waals surface area contributed by atoms with Crippen molar-refractivity contribution in [3.05, 3.63) is 53.7 Å². The van der Waals surface area contributed by atoms with Crippen molar-refractivity contribution in [3.63, 3.8) is 0 Å². The molecule has 27 heavy (non-hydrogen) atoms. The number of benzene rings is 1. The zero-order valence-electron chi connectivity index (χ0n) is 14.5. The summed E-state index contributed by atoms with van der Waals surface area (Å²) < 4.78 is 48.5. The Kier molecular flexibility index (Phi) is 6.38. The third kappa shape index (κ3) is 5.44. The van der Waals surface area contributed by atoms with Crippen LogP contribution in [0.1, 0.15) is 29.8 Å². The van der Waals surface area contributed by atoms with Crippen molar-refractivity contribution in [1.29, 1.82) is 0 Å². The highest BCUT2D eigenvalue weighted by Crippen LogP contribution is 2.30. The summed E-state index contributed by atoms with van der Waals surface area (Å²) in [5.41, 5.74) is -0.922. The number of amides is 1. The molecule has 0 saturated heterocycles. The maximum Gasteiger partial charge on any atom is 0.416 e. The fourth-order valence-corrected chi connectivity index (χ4v) is 2.09. The molecule has 0 spiro atoms. The van der Waals surface area contributed by atoms with E-state index in [1.807, 2.05) is 0 Å². The molecule has 0 aliphatic rings. The number of esters is 1. The smallest absolute Gasteiger partial charge is 0.416 e. The molecule has 2 aromatic rings. The predicted octanol–water partition coefficient (Wildman–Crippen LogP) is 3.68. The van der Waals surface area contributed by atoms with Crippen molar-refractivity contribution < 1.29 is 32.2 Å². The molecule has 0 saturated carbocycles. The predicted molar refractivity (Wildman–Crippen MR) is 90.4 cm³/mol. The first-order valence-electron chi connectivity index (χ1n) is 7.99. The Bertz CT molecular complexity index is 824. The SMILES string of the molecule is CCOc1ncccc1C(=O)OC(C)C(=O)Nc1cccc(C(F)(F)F)c1. The molecule has 144 valence electrons. The first-order chi connectivity index (χ1) is 12.7. The van der Waals surface area contributed by atoms with E-state index in [-0.39, 0.29) is 23.7 Å². The molecular weight excluding hydrogens is 365 g/mol. The normalized spacial score (nSPS) is 12.2. The second-order valence-corrected chi connectivity index (χ2v) is 5.40. The fourth-order valence-electron chi connectivity index (χ4n) is 2.09. The van der Waals surface area contributed by atoms with E-state index in [9.17, 15) is 22.8 Å². The van der Waals surface area contributed by atoms with Crippen molar-refractivity contribution in [2.75, 3.05) is 11.9 Å². The number of carbonyl (C=O) groups is 2. The van der Waals surface area contributed by atoms with Gasteiger partial charge < -0.3 is 14.8 Å². The van der Waals surface area contributed by atoms with Gasteiger partial charge >= 0.3 is 12.1 Å². The van der Waals surface area contributed by atoms with Gasteiger partial charge in [-0.15, -0.1) is 0 Å². The maximum absolute atomic E-state index is 12.7. The number of alkyl halides is 3. The molecule has 1 amide bonds. The lowest BCUT2D eigenvalue weighted by Gasteiger charge is -2.15. The van der Waals surface area contributed by atoms with Crippen molar-refractivity contribution in [2.24, 2.45) is 0 Å². The van der Waals surface area contributed by atoms with Gasteiger partial charge in [0.2, 0.25) is 5.88 Å². The molecule has 1 unspecified atom stereocenters. The molecule has 1 aromatic heterocycles. The lowest BCUT2D eigenvalue weighted by atomic mass is 10.2. The molecule has 0 fully saturated rings. The molecule has 1 aromatic carbocycles. The summed E-state index contributed by atoms with van der Waals surface area (Å²) in [5.74, 6) is -1.54. The summed E-state index contributed by atoms with van der Waals surface area (Å²) in [5, 5.41) is 2.29. The van der Waals surface area contributed by atoms with Gasteiger partial charge in [0.1, 0.15) is 5.56 Å². The van der Waals surface area contributed by atoms with Crippen molar-refractivity contribution in [1.82, 2.24) is 4.98 Å². The molecule has 2 rings (SSSR count). The van der Waals surface area contributed by atoms with E-state index < -0.39 is 29.7 Å². The van der Waals surface area contributed by atoms with Gasteiger partial charge in [0.15, 0.2) is 6.10 Å². The lowest BCUT2D eigenvalue weighted by molar-refractivity contribution is -0.137. The number of halogens is 3. The Morgan fingerprint density at radius 3 is 2.63 bits per heavy atom. The summed E-state index contributed by atoms with van der Waals surface area (Å²) in [6, 6.07) is 7.08. The number of pyridine rings is 1. The second-order valence-electron chi connectivity index (χ2n) is 5.40. The molecule has 1 atom stereocenters. The van der Waals surface area contributed by atoms with Crippen LogP contribution in [0, 0.1) is 0 Å². The molecular formula is C18H17F3N2O4. The third-order valence-corrected chi connectivity index (χ3v) is 3.38. The van der Waals surface area contributed by atoms with E-state index >= 15 is 0 Å². The highest BCUT2D eigenvalue weighted by Gasteiger charge is 2.30. The summed E-state index contributed by atoms with van der Waals surface area (Å²) in [6.07, 6.45) is -4.35. The van der Waals surface area contributed by atoms with Crippen LogP contribution in [0.5, 0.6) is 5.88 Å². The molecule has 0 aliphatic heterocycles. The Balaban J connectivity index is 2.05. The minimum atomic E-state index is -4.53. The zero-order chi connectivity index (χ0) is 20.0. The first-order valence-corrected chi connectivity index (χ1v) is 7.99. The standard InChI is InChI=1S/C18H17F3N2O4/c1-3-26-16-14(8-5-9-22-16)17(25)27-11(2)15(24)23-13-7-4-6-12(10-13)18(19,20)21/h4-11H,3H2,1-2H3,(H,23,24). The number of aromatic nitrogens is 1. The van der Waals surface area contributed by atoms with Crippen LogP contribution in [0.15, 0.2) is 42.6 Å². The van der Waals surface area contributed by atoms with Crippen LogP contribution in [0.2, 0.25) is 0 Å². The van der Waals surface area contributed by atoms with Crippen molar-refractivity contribution in [3.8, 4) is 5.88 Å². The van der Waals surface area contributed by atoms with Gasteiger partial charge in [-0.1, -0.05) is 6.07 Å². The number of hydrogen-bond acceptors (Lipinski definition) is 5. The minimum absolute atomic E-state index is 0.0399. The topological polar surface area (TPSA) is 77.5 Å². The number of anilines is 1. The third-order valence-electron chi connectivity index (χ3n) is 3.38. The molecule has 0 bridgehead atoms. The zero-order valence-corrected chi connectivity index (χ0v) is 14.5. The molecule has 9 heteroatoms. The number of ether oxygens (including phenoxy) is 2. The van der Waals surface area contributed by atoms with E-state index in [1.54, 1.807) is 6.92 Å². The number of hydrogen-bond donors (Lipinski definition) is 1. The summed E-state index contributed by atoms with van der Waals surface area (Å²) in [7, 11) is 0. The number of nitrogens with zero attached hydrogens (tertiary/aromatic N) is 1. The number of rotatable bonds is 6. The van der Waals surface area contributed by atoms with Gasteiger partial charge in [0, 0.05) is 11.9 Å². The fraction of sp³-hybridized carbons (Fsp3) is 0.278. The summed E-state index contributed by atoms with van der Waals surface area (Å²) in [4.78, 5) is 28.3. The van der Waals surface area contributed by atoms with Gasteiger partial charge in [-0.25, -0.2) is 9.78 Å². The highest BCUT2D eigenvalue weighted by atomic mass is 19.4. The summed E-state index contributed by atoms with van der Waals surface area (Å²) in [6.45, 7) is 3.30. The van der Waals surface area contributed by atoms with Crippen LogP contribution < -0.4 is 10.1 Å². The number of carbonyl (C=O) groups excluding carboxylic acids is 2. The largest absolute Gasteiger partial charge is 0.477 e. The maximum atomic E-state index is 12.7. The van der Waals surface area contributed by atoms with E-state index in [1.165, 1.54) is 37.4 Å². The van der Waals surface area contributed by atoms with Gasteiger partial charge in [0.05, 0.1) is 12.2 Å². The van der Waals surface area contributed by atoms with Crippen LogP contribution in [0.3, 0.4) is 0 Å². The molecule has 6 nitrogen and oxygen atoms in total. The van der Waals surface area contributed by atoms with Gasteiger partial charge in [-0.2, -0.15) is 13.2 Å².